The summed E-state index contributed by atoms with van der Waals surface area (Å²) in [4.78, 5) is 12.5. The molecule has 60 heavy (non-hydrogen) atoms. The van der Waals surface area contributed by atoms with Crippen LogP contribution in [-0.2, 0) is 4.79 Å². The highest BCUT2D eigenvalue weighted by Gasteiger charge is 2.20. The molecule has 0 bridgehead atoms. The molecule has 0 saturated heterocycles. The van der Waals surface area contributed by atoms with Crippen molar-refractivity contribution in [1.29, 1.82) is 0 Å². The molecule has 356 valence electrons. The molecular formula is C55H107NO4. The summed E-state index contributed by atoms with van der Waals surface area (Å²) in [7, 11) is 0. The Morgan fingerprint density at radius 1 is 0.417 bits per heavy atom. The second-order valence-corrected chi connectivity index (χ2v) is 18.8. The summed E-state index contributed by atoms with van der Waals surface area (Å²) in [5.41, 5.74) is 0. The number of aliphatic hydroxyl groups excluding tert-OH is 3. The number of unbranched alkanes of at least 4 members (excludes halogenated alkanes) is 39. The molecule has 0 spiro atoms. The number of aliphatic hydroxyl groups is 3. The number of hydrogen-bond acceptors (Lipinski definition) is 4. The highest BCUT2D eigenvalue weighted by molar-refractivity contribution is 5.76. The Hall–Kier alpha value is -1.17. The van der Waals surface area contributed by atoms with Gasteiger partial charge in [-0.15, -0.1) is 0 Å². The van der Waals surface area contributed by atoms with E-state index in [-0.39, 0.29) is 18.9 Å². The fourth-order valence-electron chi connectivity index (χ4n) is 8.57. The largest absolute Gasteiger partial charge is 0.394 e. The van der Waals surface area contributed by atoms with E-state index in [1.807, 2.05) is 6.08 Å². The molecule has 0 fully saturated rings. The first kappa shape index (κ1) is 58.8. The molecule has 5 heteroatoms. The topological polar surface area (TPSA) is 89.8 Å². The van der Waals surface area contributed by atoms with E-state index in [2.05, 4.69) is 31.3 Å². The van der Waals surface area contributed by atoms with Gasteiger partial charge in [-0.25, -0.2) is 0 Å². The lowest BCUT2D eigenvalue weighted by atomic mass is 10.0. The molecule has 0 aromatic rings. The van der Waals surface area contributed by atoms with E-state index in [1.54, 1.807) is 6.08 Å². The summed E-state index contributed by atoms with van der Waals surface area (Å²) in [6.45, 7) is 4.25. The van der Waals surface area contributed by atoms with Gasteiger partial charge in [-0.2, -0.15) is 0 Å². The van der Waals surface area contributed by atoms with E-state index >= 15 is 0 Å². The van der Waals surface area contributed by atoms with Crippen molar-refractivity contribution < 1.29 is 20.1 Å². The maximum Gasteiger partial charge on any atom is 0.222 e. The monoisotopic (exact) mass is 846 g/mol. The molecule has 3 unspecified atom stereocenters. The zero-order valence-electron chi connectivity index (χ0n) is 40.6. The van der Waals surface area contributed by atoms with Gasteiger partial charge in [0.25, 0.3) is 0 Å². The summed E-state index contributed by atoms with van der Waals surface area (Å²) in [5, 5.41) is 33.4. The molecule has 0 aliphatic carbocycles. The molecule has 0 aliphatic rings. The van der Waals surface area contributed by atoms with Crippen LogP contribution in [0.2, 0.25) is 0 Å². The first-order valence-electron chi connectivity index (χ1n) is 27.1. The molecule has 5 nitrogen and oxygen atoms in total. The average molecular weight is 846 g/mol. The van der Waals surface area contributed by atoms with Crippen LogP contribution >= 0.6 is 0 Å². The summed E-state index contributed by atoms with van der Waals surface area (Å²) < 4.78 is 0. The van der Waals surface area contributed by atoms with Crippen molar-refractivity contribution in [2.45, 2.75) is 315 Å². The van der Waals surface area contributed by atoms with Gasteiger partial charge in [-0.3, -0.25) is 4.79 Å². The van der Waals surface area contributed by atoms with E-state index < -0.39 is 18.2 Å². The Labute approximate surface area is 375 Å². The second-order valence-electron chi connectivity index (χ2n) is 18.8. The van der Waals surface area contributed by atoms with Crippen LogP contribution in [0, 0.1) is 0 Å². The lowest BCUT2D eigenvalue weighted by molar-refractivity contribution is -0.124. The summed E-state index contributed by atoms with van der Waals surface area (Å²) in [6, 6.07) is -0.743. The third-order valence-electron chi connectivity index (χ3n) is 12.7. The highest BCUT2D eigenvalue weighted by Crippen LogP contribution is 2.17. The van der Waals surface area contributed by atoms with Gasteiger partial charge in [0.05, 0.1) is 31.3 Å². The van der Waals surface area contributed by atoms with Crippen molar-refractivity contribution in [3.8, 4) is 0 Å². The quantitative estimate of drug-likeness (QED) is 0.0363. The predicted molar refractivity (Wildman–Crippen MR) is 264 cm³/mol. The van der Waals surface area contributed by atoms with Gasteiger partial charge in [0, 0.05) is 0 Å². The van der Waals surface area contributed by atoms with Crippen molar-refractivity contribution in [2.75, 3.05) is 6.61 Å². The second kappa shape index (κ2) is 50.5. The van der Waals surface area contributed by atoms with Crippen molar-refractivity contribution in [3.63, 3.8) is 0 Å². The zero-order chi connectivity index (χ0) is 43.7. The van der Waals surface area contributed by atoms with E-state index in [9.17, 15) is 20.1 Å². The number of rotatable bonds is 50. The van der Waals surface area contributed by atoms with Gasteiger partial charge < -0.3 is 20.6 Å². The molecule has 0 heterocycles. The van der Waals surface area contributed by atoms with E-state index in [0.717, 1.165) is 25.7 Å². The maximum absolute atomic E-state index is 12.5. The summed E-state index contributed by atoms with van der Waals surface area (Å²) in [5.74, 6) is -0.312. The van der Waals surface area contributed by atoms with Crippen LogP contribution in [0.3, 0.4) is 0 Å². The van der Waals surface area contributed by atoms with Crippen LogP contribution in [0.25, 0.3) is 0 Å². The van der Waals surface area contributed by atoms with Crippen molar-refractivity contribution in [1.82, 2.24) is 5.32 Å². The van der Waals surface area contributed by atoms with Crippen molar-refractivity contribution in [2.24, 2.45) is 0 Å². The van der Waals surface area contributed by atoms with E-state index in [0.29, 0.717) is 6.42 Å². The smallest absolute Gasteiger partial charge is 0.222 e. The van der Waals surface area contributed by atoms with Crippen LogP contribution in [0.15, 0.2) is 24.3 Å². The minimum atomic E-state index is -0.928. The van der Waals surface area contributed by atoms with Crippen LogP contribution in [-0.4, -0.2) is 46.1 Å². The molecule has 0 aromatic heterocycles. The Morgan fingerprint density at radius 2 is 0.700 bits per heavy atom. The molecule has 4 N–H and O–H groups in total. The van der Waals surface area contributed by atoms with Gasteiger partial charge in [0.1, 0.15) is 0 Å². The predicted octanol–water partition coefficient (Wildman–Crippen LogP) is 16.5. The van der Waals surface area contributed by atoms with Gasteiger partial charge >= 0.3 is 0 Å². The number of nitrogens with one attached hydrogen (secondary N) is 1. The number of allylic oxidation sites excluding steroid dienone is 3. The van der Waals surface area contributed by atoms with Gasteiger partial charge in [-0.05, 0) is 44.9 Å². The molecule has 0 saturated carbocycles. The van der Waals surface area contributed by atoms with Crippen LogP contribution in [0.4, 0.5) is 0 Å². The Bertz CT molecular complexity index is 890. The Kier molecular flexibility index (Phi) is 49.5. The van der Waals surface area contributed by atoms with E-state index in [4.69, 9.17) is 0 Å². The number of carbonyl (C=O) groups excluding carboxylic acids is 1. The third kappa shape index (κ3) is 46.3. The first-order valence-corrected chi connectivity index (χ1v) is 27.1. The lowest BCUT2D eigenvalue weighted by Crippen LogP contribution is -2.45. The number of carbonyl (C=O) groups is 1. The molecule has 0 aliphatic heterocycles. The summed E-state index contributed by atoms with van der Waals surface area (Å²) in [6.07, 6.45) is 63.5. The third-order valence-corrected chi connectivity index (χ3v) is 12.7. The molecule has 0 aromatic carbocycles. The maximum atomic E-state index is 12.5. The van der Waals surface area contributed by atoms with Crippen LogP contribution in [0.5, 0.6) is 0 Å². The Morgan fingerprint density at radius 3 is 1.02 bits per heavy atom. The first-order chi connectivity index (χ1) is 29.5. The number of hydrogen-bond donors (Lipinski definition) is 4. The summed E-state index contributed by atoms with van der Waals surface area (Å²) >= 11 is 0. The van der Waals surface area contributed by atoms with Crippen molar-refractivity contribution in [3.05, 3.63) is 24.3 Å². The minimum Gasteiger partial charge on any atom is -0.394 e. The van der Waals surface area contributed by atoms with Gasteiger partial charge in [0.2, 0.25) is 5.91 Å². The standard InChI is InChI=1S/C55H107NO4/c1-3-5-7-9-11-13-15-17-19-21-23-24-25-26-27-28-29-31-32-34-36-38-40-42-44-46-48-52(58)50-55(60)56-53(51-57)54(59)49-47-45-43-41-39-37-35-33-30-22-20-18-16-14-12-10-8-6-4-2/h26-27,47,49,52-54,57-59H,3-25,28-46,48,50-51H2,1-2H3,(H,56,60)/b27-26-,49-47+. The molecule has 3 atom stereocenters. The lowest BCUT2D eigenvalue weighted by Gasteiger charge is -2.21. The van der Waals surface area contributed by atoms with Crippen molar-refractivity contribution >= 4 is 5.91 Å². The fraction of sp³-hybridized carbons (Fsp3) is 0.909. The molecular weight excluding hydrogens is 739 g/mol. The molecule has 0 radical (unpaired) electrons. The normalized spacial score (nSPS) is 13.5. The minimum absolute atomic E-state index is 0.0153. The molecule has 0 rings (SSSR count). The number of amides is 1. The highest BCUT2D eigenvalue weighted by atomic mass is 16.3. The SMILES string of the molecule is CCCCCCCCCCCCCC/C=C\CCCCCCCCCCCCC(O)CC(=O)NC(CO)C(O)/C=C/CCCCCCCCCCCCCCCCCCC. The molecule has 1 amide bonds. The average Bonchev–Trinajstić information content (AvgIpc) is 3.24. The zero-order valence-corrected chi connectivity index (χ0v) is 40.6. The Balaban J connectivity index is 3.57. The van der Waals surface area contributed by atoms with Crippen LogP contribution < -0.4 is 5.32 Å². The van der Waals surface area contributed by atoms with Crippen LogP contribution in [0.1, 0.15) is 296 Å². The van der Waals surface area contributed by atoms with Gasteiger partial charge in [0.15, 0.2) is 0 Å². The van der Waals surface area contributed by atoms with E-state index in [1.165, 1.54) is 244 Å². The fourth-order valence-corrected chi connectivity index (χ4v) is 8.57. The van der Waals surface area contributed by atoms with Gasteiger partial charge in [-0.1, -0.05) is 269 Å².